The van der Waals surface area contributed by atoms with Crippen molar-refractivity contribution < 1.29 is 9.59 Å². The van der Waals surface area contributed by atoms with E-state index in [1.165, 1.54) is 0 Å². The van der Waals surface area contributed by atoms with E-state index in [1.54, 1.807) is 0 Å². The Kier molecular flexibility index (Phi) is 6.49. The maximum atomic E-state index is 13.4. The summed E-state index contributed by atoms with van der Waals surface area (Å²) in [4.78, 5) is 26.1. The van der Waals surface area contributed by atoms with Crippen molar-refractivity contribution in [2.45, 2.75) is 18.8 Å². The SMILES string of the molecule is O=C(CC[C@@H](C(=O)c1ccc(-c2ccccc2)cc1)c1ccccc1)c1ccccc1. The van der Waals surface area contributed by atoms with Gasteiger partial charge in [0.25, 0.3) is 0 Å². The molecule has 0 saturated heterocycles. The molecule has 4 rings (SSSR count). The molecule has 0 aromatic heterocycles. The molecule has 0 saturated carbocycles. The lowest BCUT2D eigenvalue weighted by Crippen LogP contribution is -2.15. The van der Waals surface area contributed by atoms with Gasteiger partial charge in [0.05, 0.1) is 0 Å². The zero-order valence-corrected chi connectivity index (χ0v) is 17.3. The van der Waals surface area contributed by atoms with E-state index >= 15 is 0 Å². The van der Waals surface area contributed by atoms with Crippen molar-refractivity contribution in [1.29, 1.82) is 0 Å². The van der Waals surface area contributed by atoms with Crippen LogP contribution in [0.3, 0.4) is 0 Å². The first-order valence-electron chi connectivity index (χ1n) is 10.6. The molecule has 0 heterocycles. The molecule has 0 bridgehead atoms. The highest BCUT2D eigenvalue weighted by molar-refractivity contribution is 6.02. The fraction of sp³-hybridized carbons (Fsp3) is 0.103. The van der Waals surface area contributed by atoms with Gasteiger partial charge in [-0.1, -0.05) is 115 Å². The molecule has 0 unspecified atom stereocenters. The van der Waals surface area contributed by atoms with E-state index in [0.717, 1.165) is 16.7 Å². The summed E-state index contributed by atoms with van der Waals surface area (Å²) in [5, 5.41) is 0. The van der Waals surface area contributed by atoms with Crippen molar-refractivity contribution in [3.8, 4) is 11.1 Å². The zero-order valence-electron chi connectivity index (χ0n) is 17.3. The molecule has 0 aliphatic heterocycles. The van der Waals surface area contributed by atoms with Crippen LogP contribution in [-0.4, -0.2) is 11.6 Å². The monoisotopic (exact) mass is 404 g/mol. The average molecular weight is 405 g/mol. The van der Waals surface area contributed by atoms with Crippen LogP contribution < -0.4 is 0 Å². The third-order valence-corrected chi connectivity index (χ3v) is 5.55. The van der Waals surface area contributed by atoms with Crippen molar-refractivity contribution in [3.05, 3.63) is 132 Å². The largest absolute Gasteiger partial charge is 0.294 e. The quantitative estimate of drug-likeness (QED) is 0.297. The van der Waals surface area contributed by atoms with Crippen molar-refractivity contribution in [1.82, 2.24) is 0 Å². The number of carbonyl (C=O) groups is 2. The van der Waals surface area contributed by atoms with E-state index in [4.69, 9.17) is 0 Å². The molecule has 4 aromatic rings. The molecule has 0 aliphatic rings. The number of hydrogen-bond acceptors (Lipinski definition) is 2. The predicted molar refractivity (Wildman–Crippen MR) is 125 cm³/mol. The van der Waals surface area contributed by atoms with Crippen LogP contribution in [0.2, 0.25) is 0 Å². The fourth-order valence-corrected chi connectivity index (χ4v) is 3.84. The molecule has 2 heteroatoms. The lowest BCUT2D eigenvalue weighted by molar-refractivity contribution is 0.0936. The Bertz CT molecular complexity index is 1130. The van der Waals surface area contributed by atoms with Crippen LogP contribution in [0.5, 0.6) is 0 Å². The summed E-state index contributed by atoms with van der Waals surface area (Å²) in [5.41, 5.74) is 4.50. The Morgan fingerprint density at radius 3 is 1.68 bits per heavy atom. The molecular weight excluding hydrogens is 380 g/mol. The van der Waals surface area contributed by atoms with E-state index in [-0.39, 0.29) is 17.5 Å². The van der Waals surface area contributed by atoms with Crippen LogP contribution >= 0.6 is 0 Å². The highest BCUT2D eigenvalue weighted by Crippen LogP contribution is 2.28. The first-order chi connectivity index (χ1) is 15.2. The molecule has 0 spiro atoms. The molecule has 31 heavy (non-hydrogen) atoms. The van der Waals surface area contributed by atoms with Crippen LogP contribution in [-0.2, 0) is 0 Å². The fourth-order valence-electron chi connectivity index (χ4n) is 3.84. The van der Waals surface area contributed by atoms with Gasteiger partial charge in [0.15, 0.2) is 11.6 Å². The zero-order chi connectivity index (χ0) is 21.5. The van der Waals surface area contributed by atoms with Crippen molar-refractivity contribution in [2.24, 2.45) is 0 Å². The summed E-state index contributed by atoms with van der Waals surface area (Å²) in [6.07, 6.45) is 0.814. The molecule has 2 nitrogen and oxygen atoms in total. The second-order valence-electron chi connectivity index (χ2n) is 7.60. The van der Waals surface area contributed by atoms with Gasteiger partial charge in [-0.15, -0.1) is 0 Å². The molecular formula is C29H24O2. The summed E-state index contributed by atoms with van der Waals surface area (Å²) in [7, 11) is 0. The lowest BCUT2D eigenvalue weighted by Gasteiger charge is -2.17. The number of Topliss-reactive ketones (excluding diaryl/α,β-unsaturated/α-hetero) is 2. The van der Waals surface area contributed by atoms with E-state index in [1.807, 2.05) is 103 Å². The van der Waals surface area contributed by atoms with Crippen molar-refractivity contribution >= 4 is 11.6 Å². The third-order valence-electron chi connectivity index (χ3n) is 5.55. The van der Waals surface area contributed by atoms with Crippen LogP contribution in [0.15, 0.2) is 115 Å². The highest BCUT2D eigenvalue weighted by Gasteiger charge is 2.23. The topological polar surface area (TPSA) is 34.1 Å². The average Bonchev–Trinajstić information content (AvgIpc) is 2.86. The number of carbonyl (C=O) groups excluding carboxylic acids is 2. The van der Waals surface area contributed by atoms with E-state index in [9.17, 15) is 9.59 Å². The van der Waals surface area contributed by atoms with Crippen molar-refractivity contribution in [3.63, 3.8) is 0 Å². The molecule has 0 N–H and O–H groups in total. The number of ketones is 2. The van der Waals surface area contributed by atoms with Gasteiger partial charge in [0, 0.05) is 23.5 Å². The van der Waals surface area contributed by atoms with Crippen LogP contribution in [0, 0.1) is 0 Å². The second-order valence-corrected chi connectivity index (χ2v) is 7.60. The standard InChI is InChI=1S/C29H24O2/c30-28(25-14-8-3-9-15-25)21-20-27(24-12-6-2-7-13-24)29(31)26-18-16-23(17-19-26)22-10-4-1-5-11-22/h1-19,27H,20-21H2/t27-/m1/s1. The molecule has 0 fully saturated rings. The number of hydrogen-bond donors (Lipinski definition) is 0. The van der Waals surface area contributed by atoms with Gasteiger partial charge in [0.1, 0.15) is 0 Å². The molecule has 4 aromatic carbocycles. The van der Waals surface area contributed by atoms with Gasteiger partial charge in [-0.2, -0.15) is 0 Å². The predicted octanol–water partition coefficient (Wildman–Crippen LogP) is 6.98. The van der Waals surface area contributed by atoms with Gasteiger partial charge < -0.3 is 0 Å². The summed E-state index contributed by atoms with van der Waals surface area (Å²) in [6, 6.07) is 36.9. The third kappa shape index (κ3) is 5.04. The van der Waals surface area contributed by atoms with Gasteiger partial charge in [-0.3, -0.25) is 9.59 Å². The molecule has 0 radical (unpaired) electrons. The molecule has 152 valence electrons. The van der Waals surface area contributed by atoms with Crippen LogP contribution in [0.1, 0.15) is 45.0 Å². The molecule has 0 aliphatic carbocycles. The Morgan fingerprint density at radius 2 is 1.06 bits per heavy atom. The van der Waals surface area contributed by atoms with Gasteiger partial charge in [-0.05, 0) is 23.1 Å². The van der Waals surface area contributed by atoms with Crippen LogP contribution in [0.25, 0.3) is 11.1 Å². The van der Waals surface area contributed by atoms with Gasteiger partial charge >= 0.3 is 0 Å². The minimum atomic E-state index is -0.351. The summed E-state index contributed by atoms with van der Waals surface area (Å²) >= 11 is 0. The Labute approximate surface area is 183 Å². The Balaban J connectivity index is 1.55. The Morgan fingerprint density at radius 1 is 0.548 bits per heavy atom. The smallest absolute Gasteiger partial charge is 0.170 e. The lowest BCUT2D eigenvalue weighted by atomic mass is 9.85. The van der Waals surface area contributed by atoms with E-state index in [2.05, 4.69) is 12.1 Å². The van der Waals surface area contributed by atoms with E-state index < -0.39 is 0 Å². The highest BCUT2D eigenvalue weighted by atomic mass is 16.1. The number of benzene rings is 4. The second kappa shape index (κ2) is 9.82. The van der Waals surface area contributed by atoms with Crippen molar-refractivity contribution in [2.75, 3.05) is 0 Å². The van der Waals surface area contributed by atoms with Gasteiger partial charge in [-0.25, -0.2) is 0 Å². The minimum Gasteiger partial charge on any atom is -0.294 e. The summed E-state index contributed by atoms with van der Waals surface area (Å²) in [6.45, 7) is 0. The number of rotatable bonds is 8. The maximum Gasteiger partial charge on any atom is 0.170 e. The normalized spacial score (nSPS) is 11.6. The molecule has 1 atom stereocenters. The maximum absolute atomic E-state index is 13.4. The summed E-state index contributed by atoms with van der Waals surface area (Å²) < 4.78 is 0. The Hall–Kier alpha value is -3.78. The van der Waals surface area contributed by atoms with Crippen LogP contribution in [0.4, 0.5) is 0 Å². The summed E-state index contributed by atoms with van der Waals surface area (Å²) in [5.74, 6) is -0.239. The first-order valence-corrected chi connectivity index (χ1v) is 10.6. The first kappa shape index (κ1) is 20.5. The minimum absolute atomic E-state index is 0.0478. The van der Waals surface area contributed by atoms with E-state index in [0.29, 0.717) is 24.0 Å². The molecule has 0 amide bonds. The van der Waals surface area contributed by atoms with Gasteiger partial charge in [0.2, 0.25) is 0 Å².